The van der Waals surface area contributed by atoms with Crippen LogP contribution in [-0.4, -0.2) is 52.7 Å². The van der Waals surface area contributed by atoms with E-state index in [0.29, 0.717) is 32.7 Å². The Hall–Kier alpha value is -1.92. The van der Waals surface area contributed by atoms with Crippen LogP contribution in [-0.2, 0) is 16.1 Å². The summed E-state index contributed by atoms with van der Waals surface area (Å²) in [4.78, 5) is 19.1. The number of hydrogen-bond donors (Lipinski definition) is 1. The van der Waals surface area contributed by atoms with Crippen LogP contribution in [0.5, 0.6) is 0 Å². The molecule has 2 heterocycles. The molecule has 1 N–H and O–H groups in total. The number of aromatic nitrogens is 2. The van der Waals surface area contributed by atoms with Gasteiger partial charge in [0.2, 0.25) is 5.91 Å². The van der Waals surface area contributed by atoms with Crippen molar-refractivity contribution in [3.63, 3.8) is 0 Å². The minimum Gasteiger partial charge on any atom is -0.378 e. The van der Waals surface area contributed by atoms with Crippen molar-refractivity contribution in [2.75, 3.05) is 26.3 Å². The number of morpholine rings is 1. The maximum Gasteiger partial charge on any atom is 0.224 e. The molecule has 1 amide bonds. The zero-order chi connectivity index (χ0) is 17.8. The minimum absolute atomic E-state index is 0.0832. The van der Waals surface area contributed by atoms with Crippen LogP contribution in [0.1, 0.15) is 39.1 Å². The maximum absolute atomic E-state index is 12.4. The molecule has 0 bridgehead atoms. The molecule has 0 saturated carbocycles. The van der Waals surface area contributed by atoms with Gasteiger partial charge in [-0.25, -0.2) is 4.98 Å². The monoisotopic (exact) mass is 344 g/mol. The molecule has 0 radical (unpaired) electrons. The van der Waals surface area contributed by atoms with Crippen LogP contribution in [0.25, 0.3) is 11.0 Å². The van der Waals surface area contributed by atoms with E-state index in [0.717, 1.165) is 23.4 Å². The van der Waals surface area contributed by atoms with Crippen LogP contribution in [0.3, 0.4) is 0 Å². The van der Waals surface area contributed by atoms with Gasteiger partial charge < -0.3 is 19.5 Å². The number of benzene rings is 1. The van der Waals surface area contributed by atoms with E-state index in [1.165, 1.54) is 0 Å². The summed E-state index contributed by atoms with van der Waals surface area (Å²) in [5.74, 6) is 1.22. The fourth-order valence-corrected chi connectivity index (χ4v) is 3.52. The van der Waals surface area contributed by atoms with E-state index in [1.807, 2.05) is 23.1 Å². The van der Waals surface area contributed by atoms with Crippen molar-refractivity contribution >= 4 is 16.9 Å². The van der Waals surface area contributed by atoms with Gasteiger partial charge >= 0.3 is 0 Å². The molecule has 2 aromatic rings. The van der Waals surface area contributed by atoms with Gasteiger partial charge in [0.15, 0.2) is 0 Å². The Morgan fingerprint density at radius 2 is 2.00 bits per heavy atom. The van der Waals surface area contributed by atoms with Gasteiger partial charge in [0, 0.05) is 32.1 Å². The first-order valence-corrected chi connectivity index (χ1v) is 9.17. The predicted octanol–water partition coefficient (Wildman–Crippen LogP) is 2.34. The molecule has 1 aliphatic rings. The molecular formula is C19H28N4O2. The van der Waals surface area contributed by atoms with Gasteiger partial charge in [-0.3, -0.25) is 4.79 Å². The summed E-state index contributed by atoms with van der Waals surface area (Å²) in [6.45, 7) is 9.88. The lowest BCUT2D eigenvalue weighted by molar-refractivity contribution is -0.135. The van der Waals surface area contributed by atoms with Gasteiger partial charge in [-0.05, 0) is 32.9 Å². The quantitative estimate of drug-likeness (QED) is 0.874. The fraction of sp³-hybridized carbons (Fsp3) is 0.579. The van der Waals surface area contributed by atoms with Gasteiger partial charge in [-0.1, -0.05) is 12.1 Å². The molecule has 1 aromatic carbocycles. The standard InChI is InChI=1S/C19H28N4O2/c1-4-23-17-8-6-5-7-16(17)21-19(23)15(3)20-14(2)13-18(24)22-9-11-25-12-10-22/h5-8,14-15,20H,4,9-13H2,1-3H3/t14-,15+/m0/s1. The Kier molecular flexibility index (Phi) is 5.71. The molecule has 0 spiro atoms. The topological polar surface area (TPSA) is 59.4 Å². The summed E-state index contributed by atoms with van der Waals surface area (Å²) in [5.41, 5.74) is 2.18. The van der Waals surface area contributed by atoms with Crippen molar-refractivity contribution in [3.8, 4) is 0 Å². The van der Waals surface area contributed by atoms with Crippen LogP contribution in [0.2, 0.25) is 0 Å². The number of hydrogen-bond acceptors (Lipinski definition) is 4. The molecular weight excluding hydrogens is 316 g/mol. The van der Waals surface area contributed by atoms with Crippen LogP contribution >= 0.6 is 0 Å². The summed E-state index contributed by atoms with van der Waals surface area (Å²) in [6, 6.07) is 8.38. The number of nitrogens with one attached hydrogen (secondary N) is 1. The zero-order valence-corrected chi connectivity index (χ0v) is 15.4. The Morgan fingerprint density at radius 3 is 2.72 bits per heavy atom. The van der Waals surface area contributed by atoms with Crippen molar-refractivity contribution in [1.82, 2.24) is 19.8 Å². The number of aryl methyl sites for hydroxylation is 1. The highest BCUT2D eigenvalue weighted by Gasteiger charge is 2.22. The summed E-state index contributed by atoms with van der Waals surface area (Å²) in [6.07, 6.45) is 0.497. The molecule has 0 unspecified atom stereocenters. The smallest absolute Gasteiger partial charge is 0.224 e. The summed E-state index contributed by atoms with van der Waals surface area (Å²) in [7, 11) is 0. The van der Waals surface area contributed by atoms with Crippen LogP contribution in [0.4, 0.5) is 0 Å². The minimum atomic E-state index is 0.0832. The number of amides is 1. The van der Waals surface area contributed by atoms with Gasteiger partial charge in [0.05, 0.1) is 30.3 Å². The summed E-state index contributed by atoms with van der Waals surface area (Å²) in [5, 5.41) is 3.54. The first kappa shape index (κ1) is 17.9. The van der Waals surface area contributed by atoms with E-state index in [1.54, 1.807) is 0 Å². The summed E-state index contributed by atoms with van der Waals surface area (Å²) < 4.78 is 7.55. The number of carbonyl (C=O) groups is 1. The number of rotatable bonds is 6. The number of carbonyl (C=O) groups excluding carboxylic acids is 1. The van der Waals surface area contributed by atoms with Crippen molar-refractivity contribution in [1.29, 1.82) is 0 Å². The van der Waals surface area contributed by atoms with Crippen molar-refractivity contribution < 1.29 is 9.53 Å². The molecule has 1 aromatic heterocycles. The van der Waals surface area contributed by atoms with E-state index < -0.39 is 0 Å². The van der Waals surface area contributed by atoms with E-state index >= 15 is 0 Å². The third kappa shape index (κ3) is 4.02. The molecule has 1 fully saturated rings. The van der Waals surface area contributed by atoms with E-state index in [2.05, 4.69) is 36.7 Å². The number of nitrogens with zero attached hydrogens (tertiary/aromatic N) is 3. The van der Waals surface area contributed by atoms with Crippen LogP contribution < -0.4 is 5.32 Å². The largest absolute Gasteiger partial charge is 0.378 e. The average molecular weight is 344 g/mol. The van der Waals surface area contributed by atoms with Gasteiger partial charge in [0.25, 0.3) is 0 Å². The second-order valence-electron chi connectivity index (χ2n) is 6.69. The molecule has 2 atom stereocenters. The van der Waals surface area contributed by atoms with E-state index in [9.17, 15) is 4.79 Å². The fourth-order valence-electron chi connectivity index (χ4n) is 3.52. The van der Waals surface area contributed by atoms with Crippen molar-refractivity contribution in [2.24, 2.45) is 0 Å². The van der Waals surface area contributed by atoms with E-state index in [-0.39, 0.29) is 18.0 Å². The molecule has 3 rings (SSSR count). The van der Waals surface area contributed by atoms with Crippen molar-refractivity contribution in [2.45, 2.75) is 45.8 Å². The van der Waals surface area contributed by atoms with Gasteiger partial charge in [0.1, 0.15) is 5.82 Å². The maximum atomic E-state index is 12.4. The molecule has 6 nitrogen and oxygen atoms in total. The second kappa shape index (κ2) is 7.97. The van der Waals surface area contributed by atoms with Gasteiger partial charge in [-0.15, -0.1) is 0 Å². The SMILES string of the molecule is CCn1c([C@@H](C)N[C@@H](C)CC(=O)N2CCOCC2)nc2ccccc21. The first-order chi connectivity index (χ1) is 12.1. The zero-order valence-electron chi connectivity index (χ0n) is 15.4. The number of fused-ring (bicyclic) bond motifs is 1. The Morgan fingerprint density at radius 1 is 1.28 bits per heavy atom. The second-order valence-corrected chi connectivity index (χ2v) is 6.69. The number of ether oxygens (including phenoxy) is 1. The molecule has 25 heavy (non-hydrogen) atoms. The van der Waals surface area contributed by atoms with Crippen LogP contribution in [0.15, 0.2) is 24.3 Å². The molecule has 1 aliphatic heterocycles. The third-order valence-corrected chi connectivity index (χ3v) is 4.77. The average Bonchev–Trinajstić information content (AvgIpc) is 3.01. The molecule has 6 heteroatoms. The lowest BCUT2D eigenvalue weighted by atomic mass is 10.1. The highest BCUT2D eigenvalue weighted by molar-refractivity contribution is 5.77. The lowest BCUT2D eigenvalue weighted by Crippen LogP contribution is -2.43. The van der Waals surface area contributed by atoms with Gasteiger partial charge in [-0.2, -0.15) is 0 Å². The molecule has 0 aliphatic carbocycles. The number of para-hydroxylation sites is 2. The van der Waals surface area contributed by atoms with Crippen LogP contribution in [0, 0.1) is 0 Å². The Bertz CT molecular complexity index is 721. The highest BCUT2D eigenvalue weighted by atomic mass is 16.5. The molecule has 136 valence electrons. The summed E-state index contributed by atoms with van der Waals surface area (Å²) >= 11 is 0. The third-order valence-electron chi connectivity index (χ3n) is 4.77. The highest BCUT2D eigenvalue weighted by Crippen LogP contribution is 2.21. The predicted molar refractivity (Wildman–Crippen MR) is 98.4 cm³/mol. The Balaban J connectivity index is 1.65. The first-order valence-electron chi connectivity index (χ1n) is 9.17. The van der Waals surface area contributed by atoms with Crippen molar-refractivity contribution in [3.05, 3.63) is 30.1 Å². The normalized spacial score (nSPS) is 17.6. The van der Waals surface area contributed by atoms with E-state index in [4.69, 9.17) is 9.72 Å². The Labute approximate surface area is 149 Å². The lowest BCUT2D eigenvalue weighted by Gasteiger charge is -2.28. The number of imidazole rings is 1. The molecule has 1 saturated heterocycles.